The molecule has 1 rings (SSSR count). The average molecular weight is 230 g/mol. The Hall–Kier alpha value is -0.570. The van der Waals surface area contributed by atoms with Gasteiger partial charge in [-0.2, -0.15) is 0 Å². The van der Waals surface area contributed by atoms with Gasteiger partial charge in [-0.1, -0.05) is 22.0 Å². The zero-order valence-corrected chi connectivity index (χ0v) is 8.84. The summed E-state index contributed by atoms with van der Waals surface area (Å²) in [5, 5.41) is 0. The molecule has 12 heavy (non-hydrogen) atoms. The van der Waals surface area contributed by atoms with Crippen molar-refractivity contribution in [3.63, 3.8) is 0 Å². The molecule has 3 heteroatoms. The number of nitrogens with zero attached hydrogens (tertiary/aromatic N) is 1. The van der Waals surface area contributed by atoms with Crippen LogP contribution in [-0.4, -0.2) is 22.2 Å². The first kappa shape index (κ1) is 9.52. The molecule has 1 atom stereocenters. The largest absolute Gasteiger partial charge is 0.362 e. The molecule has 0 saturated carbocycles. The summed E-state index contributed by atoms with van der Waals surface area (Å²) in [6, 6.07) is 0. The highest BCUT2D eigenvalue weighted by Crippen LogP contribution is 2.30. The number of carbonyl (C=O) groups is 1. The van der Waals surface area contributed by atoms with Crippen LogP contribution in [0, 0.1) is 0 Å². The number of hydrogen-bond donors (Lipinski definition) is 0. The molecule has 0 spiro atoms. The topological polar surface area (TPSA) is 20.3 Å². The van der Waals surface area contributed by atoms with E-state index in [0.717, 1.165) is 0 Å². The van der Waals surface area contributed by atoms with Crippen molar-refractivity contribution >= 4 is 21.7 Å². The van der Waals surface area contributed by atoms with Gasteiger partial charge in [0.25, 0.3) is 0 Å². The molecule has 2 nitrogen and oxygen atoms in total. The Morgan fingerprint density at radius 3 is 2.75 bits per heavy atom. The van der Waals surface area contributed by atoms with Crippen molar-refractivity contribution in [1.82, 2.24) is 4.90 Å². The number of carbonyl (C=O) groups excluding carboxylic acids is 1. The van der Waals surface area contributed by atoms with Gasteiger partial charge in [0.1, 0.15) is 10.2 Å². The van der Waals surface area contributed by atoms with E-state index < -0.39 is 0 Å². The third-order valence-electron chi connectivity index (χ3n) is 1.86. The number of hydrogen-bond acceptors (Lipinski definition) is 2. The normalized spacial score (nSPS) is 27.8. The van der Waals surface area contributed by atoms with Crippen LogP contribution in [0.1, 0.15) is 13.3 Å². The fourth-order valence-electron chi connectivity index (χ4n) is 1.16. The summed E-state index contributed by atoms with van der Waals surface area (Å²) in [5.74, 6) is 0.179. The molecule has 0 amide bonds. The van der Waals surface area contributed by atoms with Crippen LogP contribution in [0.3, 0.4) is 0 Å². The van der Waals surface area contributed by atoms with E-state index >= 15 is 0 Å². The number of alkyl halides is 1. The predicted octanol–water partition coefficient (Wildman–Crippen LogP) is 2.07. The van der Waals surface area contributed by atoms with E-state index in [2.05, 4.69) is 15.9 Å². The van der Waals surface area contributed by atoms with Crippen molar-refractivity contribution in [2.24, 2.45) is 0 Å². The first-order valence-electron chi connectivity index (χ1n) is 3.82. The molecule has 0 aromatic carbocycles. The molecular formula is C9H12BrNO. The first-order valence-corrected chi connectivity index (χ1v) is 4.61. The Bertz CT molecular complexity index is 247. The molecule has 66 valence electrons. The van der Waals surface area contributed by atoms with Gasteiger partial charge >= 0.3 is 0 Å². The predicted molar refractivity (Wildman–Crippen MR) is 53.0 cm³/mol. The van der Waals surface area contributed by atoms with Gasteiger partial charge in [0, 0.05) is 19.7 Å². The maximum Gasteiger partial charge on any atom is 0.133 e. The molecule has 0 aliphatic carbocycles. The van der Waals surface area contributed by atoms with E-state index in [9.17, 15) is 4.79 Å². The van der Waals surface area contributed by atoms with E-state index in [1.54, 1.807) is 6.92 Å². The number of Topliss-reactive ketones (excluding diaryl/α,β-unsaturated/α-hetero) is 1. The molecule has 0 fully saturated rings. The van der Waals surface area contributed by atoms with Crippen LogP contribution in [0.25, 0.3) is 0 Å². The molecule has 1 heterocycles. The van der Waals surface area contributed by atoms with Gasteiger partial charge in [-0.15, -0.1) is 0 Å². The Morgan fingerprint density at radius 2 is 2.25 bits per heavy atom. The van der Waals surface area contributed by atoms with E-state index in [0.29, 0.717) is 6.42 Å². The Morgan fingerprint density at radius 1 is 1.58 bits per heavy atom. The second kappa shape index (κ2) is 3.44. The van der Waals surface area contributed by atoms with Gasteiger partial charge in [0.2, 0.25) is 0 Å². The zero-order chi connectivity index (χ0) is 9.19. The maximum atomic E-state index is 10.9. The van der Waals surface area contributed by atoms with Crippen LogP contribution in [0.5, 0.6) is 0 Å². The second-order valence-corrected chi connectivity index (χ2v) is 4.38. The smallest absolute Gasteiger partial charge is 0.133 e. The lowest BCUT2D eigenvalue weighted by Crippen LogP contribution is -2.38. The molecular weight excluding hydrogens is 218 g/mol. The van der Waals surface area contributed by atoms with Crippen molar-refractivity contribution in [3.05, 3.63) is 24.4 Å². The van der Waals surface area contributed by atoms with Crippen LogP contribution in [0.4, 0.5) is 0 Å². The minimum absolute atomic E-state index is 0.179. The molecule has 0 N–H and O–H groups in total. The van der Waals surface area contributed by atoms with E-state index in [-0.39, 0.29) is 10.2 Å². The molecule has 1 aliphatic rings. The number of likely N-dealkylation sites (N-methyl/N-ethyl adjacent to an activating group) is 1. The molecule has 1 aliphatic heterocycles. The van der Waals surface area contributed by atoms with Crippen molar-refractivity contribution in [2.45, 2.75) is 17.8 Å². The number of rotatable bonds is 2. The number of allylic oxidation sites excluding steroid dienone is 2. The van der Waals surface area contributed by atoms with Crippen LogP contribution >= 0.6 is 15.9 Å². The zero-order valence-electron chi connectivity index (χ0n) is 7.25. The second-order valence-electron chi connectivity index (χ2n) is 3.01. The van der Waals surface area contributed by atoms with Gasteiger partial charge in [0.15, 0.2) is 0 Å². The fraction of sp³-hybridized carbons (Fsp3) is 0.444. The Kier molecular flexibility index (Phi) is 2.73. The van der Waals surface area contributed by atoms with Crippen molar-refractivity contribution in [1.29, 1.82) is 0 Å². The molecule has 1 unspecified atom stereocenters. The third kappa shape index (κ3) is 1.97. The lowest BCUT2D eigenvalue weighted by molar-refractivity contribution is -0.117. The molecule has 0 saturated heterocycles. The minimum Gasteiger partial charge on any atom is -0.362 e. The van der Waals surface area contributed by atoms with Gasteiger partial charge < -0.3 is 4.90 Å². The third-order valence-corrected chi connectivity index (χ3v) is 2.96. The minimum atomic E-state index is -0.312. The Balaban J connectivity index is 2.76. The van der Waals surface area contributed by atoms with Gasteiger partial charge in [-0.05, 0) is 19.1 Å². The highest BCUT2D eigenvalue weighted by atomic mass is 79.9. The Labute approximate surface area is 81.1 Å². The summed E-state index contributed by atoms with van der Waals surface area (Å²) in [7, 11) is 1.94. The van der Waals surface area contributed by atoms with E-state index in [4.69, 9.17) is 0 Å². The summed E-state index contributed by atoms with van der Waals surface area (Å²) in [6.07, 6.45) is 8.30. The van der Waals surface area contributed by atoms with Crippen molar-refractivity contribution in [3.8, 4) is 0 Å². The number of ketones is 1. The van der Waals surface area contributed by atoms with Crippen LogP contribution in [0.2, 0.25) is 0 Å². The quantitative estimate of drug-likeness (QED) is 0.534. The fourth-order valence-corrected chi connectivity index (χ4v) is 1.82. The van der Waals surface area contributed by atoms with Gasteiger partial charge in [0.05, 0.1) is 0 Å². The van der Waals surface area contributed by atoms with Crippen molar-refractivity contribution in [2.75, 3.05) is 7.05 Å². The molecule has 0 aromatic heterocycles. The molecule has 0 bridgehead atoms. The lowest BCUT2D eigenvalue weighted by atomic mass is 10.1. The van der Waals surface area contributed by atoms with E-state index in [1.807, 2.05) is 36.4 Å². The maximum absolute atomic E-state index is 10.9. The summed E-state index contributed by atoms with van der Waals surface area (Å²) < 4.78 is -0.312. The monoisotopic (exact) mass is 229 g/mol. The van der Waals surface area contributed by atoms with Crippen LogP contribution in [-0.2, 0) is 4.79 Å². The van der Waals surface area contributed by atoms with Crippen LogP contribution in [0.15, 0.2) is 24.4 Å². The average Bonchev–Trinajstić information content (AvgIpc) is 1.94. The highest BCUT2D eigenvalue weighted by molar-refractivity contribution is 9.10. The lowest BCUT2D eigenvalue weighted by Gasteiger charge is -2.34. The SMILES string of the molecule is CC(=O)CC1(Br)C=CC=CN1C. The van der Waals surface area contributed by atoms with E-state index in [1.165, 1.54) is 0 Å². The summed E-state index contributed by atoms with van der Waals surface area (Å²) in [4.78, 5) is 12.9. The number of halogens is 1. The summed E-state index contributed by atoms with van der Waals surface area (Å²) >= 11 is 3.53. The standard InChI is InChI=1S/C9H12BrNO/c1-8(12)7-9(10)5-3-4-6-11(9)2/h3-6H,7H2,1-2H3. The van der Waals surface area contributed by atoms with Crippen LogP contribution < -0.4 is 0 Å². The van der Waals surface area contributed by atoms with Gasteiger partial charge in [-0.3, -0.25) is 4.79 Å². The highest BCUT2D eigenvalue weighted by Gasteiger charge is 2.29. The first-order chi connectivity index (χ1) is 5.54. The summed E-state index contributed by atoms with van der Waals surface area (Å²) in [6.45, 7) is 1.60. The van der Waals surface area contributed by atoms with Crippen molar-refractivity contribution < 1.29 is 4.79 Å². The summed E-state index contributed by atoms with van der Waals surface area (Å²) in [5.41, 5.74) is 0. The molecule has 0 aromatic rings. The molecule has 0 radical (unpaired) electrons. The van der Waals surface area contributed by atoms with Gasteiger partial charge in [-0.25, -0.2) is 0 Å².